The molecule has 25 heavy (non-hydrogen) atoms. The molecule has 3 heterocycles. The van der Waals surface area contributed by atoms with Crippen LogP contribution in [0.2, 0.25) is 5.02 Å². The van der Waals surface area contributed by atoms with E-state index < -0.39 is 5.92 Å². The van der Waals surface area contributed by atoms with E-state index in [0.717, 1.165) is 15.3 Å². The van der Waals surface area contributed by atoms with Gasteiger partial charge in [0.25, 0.3) is 0 Å². The number of benzene rings is 1. The van der Waals surface area contributed by atoms with Crippen LogP contribution < -0.4 is 0 Å². The van der Waals surface area contributed by atoms with E-state index in [0.29, 0.717) is 21.2 Å². The maximum Gasteiger partial charge on any atom is 0.206 e. The Morgan fingerprint density at radius 3 is 2.88 bits per heavy atom. The van der Waals surface area contributed by atoms with Gasteiger partial charge in [0.15, 0.2) is 5.92 Å². The number of ketones is 1. The molecule has 122 valence electrons. The minimum absolute atomic E-state index is 0.301. The van der Waals surface area contributed by atoms with Gasteiger partial charge in [-0.05, 0) is 29.6 Å². The van der Waals surface area contributed by atoms with Crippen LogP contribution in [-0.4, -0.2) is 15.8 Å². The highest BCUT2D eigenvalue weighted by atomic mass is 35.5. The fourth-order valence-electron chi connectivity index (χ4n) is 2.32. The third-order valence-corrected chi connectivity index (χ3v) is 6.44. The smallest absolute Gasteiger partial charge is 0.206 e. The average Bonchev–Trinajstić information content (AvgIpc) is 3.34. The standard InChI is InChI=1S/C17H8ClN3OS3/c18-10-1-2-14-12(5-10)20-17(25-14)11(6-19)15(22)13-8-24-16(21-13)9-3-4-23-7-9/h1-5,7-8,11H. The number of nitriles is 1. The highest BCUT2D eigenvalue weighted by Gasteiger charge is 2.27. The number of hydrogen-bond acceptors (Lipinski definition) is 7. The molecule has 0 radical (unpaired) electrons. The Hall–Kier alpha value is -2.11. The summed E-state index contributed by atoms with van der Waals surface area (Å²) >= 11 is 10.3. The summed E-state index contributed by atoms with van der Waals surface area (Å²) in [4.78, 5) is 21.6. The summed E-state index contributed by atoms with van der Waals surface area (Å²) < 4.78 is 0.893. The molecule has 8 heteroatoms. The van der Waals surface area contributed by atoms with E-state index in [1.54, 1.807) is 28.8 Å². The van der Waals surface area contributed by atoms with Crippen molar-refractivity contribution in [1.82, 2.24) is 9.97 Å². The molecule has 4 aromatic rings. The highest BCUT2D eigenvalue weighted by molar-refractivity contribution is 7.18. The van der Waals surface area contributed by atoms with Crippen LogP contribution in [0.4, 0.5) is 0 Å². The van der Waals surface area contributed by atoms with Crippen LogP contribution in [0.5, 0.6) is 0 Å². The Balaban J connectivity index is 1.68. The molecule has 1 atom stereocenters. The van der Waals surface area contributed by atoms with Gasteiger partial charge in [-0.3, -0.25) is 4.79 Å². The van der Waals surface area contributed by atoms with E-state index in [1.807, 2.05) is 22.9 Å². The molecule has 0 amide bonds. The van der Waals surface area contributed by atoms with Crippen molar-refractivity contribution in [3.63, 3.8) is 0 Å². The summed E-state index contributed by atoms with van der Waals surface area (Å²) in [5.74, 6) is -1.29. The number of fused-ring (bicyclic) bond motifs is 1. The minimum Gasteiger partial charge on any atom is -0.290 e. The predicted molar refractivity (Wildman–Crippen MR) is 103 cm³/mol. The zero-order valence-corrected chi connectivity index (χ0v) is 15.7. The molecule has 0 saturated heterocycles. The summed E-state index contributed by atoms with van der Waals surface area (Å²) in [6.45, 7) is 0. The molecule has 1 aromatic carbocycles. The summed E-state index contributed by atoms with van der Waals surface area (Å²) in [5.41, 5.74) is 1.98. The zero-order valence-electron chi connectivity index (χ0n) is 12.5. The van der Waals surface area contributed by atoms with Crippen molar-refractivity contribution >= 4 is 61.6 Å². The normalized spacial score (nSPS) is 12.2. The number of Topliss-reactive ketones (excluding diaryl/α,β-unsaturated/α-hetero) is 1. The number of aromatic nitrogens is 2. The molecule has 0 spiro atoms. The lowest BCUT2D eigenvalue weighted by Crippen LogP contribution is -2.11. The Kier molecular flexibility index (Phi) is 4.36. The summed E-state index contributed by atoms with van der Waals surface area (Å²) in [5, 5.41) is 17.0. The van der Waals surface area contributed by atoms with E-state index >= 15 is 0 Å². The van der Waals surface area contributed by atoms with Gasteiger partial charge in [0.05, 0.1) is 16.3 Å². The SMILES string of the molecule is N#CC(C(=O)c1csc(-c2ccsc2)n1)c1nc2cc(Cl)ccc2s1. The zero-order chi connectivity index (χ0) is 17.4. The average molecular weight is 402 g/mol. The third-order valence-electron chi connectivity index (χ3n) is 3.53. The quantitative estimate of drug-likeness (QED) is 0.416. The van der Waals surface area contributed by atoms with Gasteiger partial charge in [-0.15, -0.1) is 22.7 Å². The van der Waals surface area contributed by atoms with Crippen LogP contribution in [0.15, 0.2) is 40.4 Å². The van der Waals surface area contributed by atoms with Crippen LogP contribution in [0.3, 0.4) is 0 Å². The molecular formula is C17H8ClN3OS3. The summed E-state index contributed by atoms with van der Waals surface area (Å²) in [6, 6.07) is 9.36. The highest BCUT2D eigenvalue weighted by Crippen LogP contribution is 2.32. The Bertz CT molecular complexity index is 1110. The number of carbonyl (C=O) groups excluding carboxylic acids is 1. The first kappa shape index (κ1) is 16.4. The van der Waals surface area contributed by atoms with Gasteiger partial charge in [-0.2, -0.15) is 16.6 Å². The first-order chi connectivity index (χ1) is 12.2. The Morgan fingerprint density at radius 1 is 1.24 bits per heavy atom. The molecule has 0 bridgehead atoms. The van der Waals surface area contributed by atoms with Crippen molar-refractivity contribution in [3.05, 3.63) is 56.1 Å². The van der Waals surface area contributed by atoms with Gasteiger partial charge in [0.2, 0.25) is 5.78 Å². The third kappa shape index (κ3) is 3.10. The number of halogens is 1. The lowest BCUT2D eigenvalue weighted by Gasteiger charge is -2.01. The second kappa shape index (κ2) is 6.65. The lowest BCUT2D eigenvalue weighted by molar-refractivity contribution is 0.0975. The molecule has 0 N–H and O–H groups in total. The second-order valence-corrected chi connectivity index (χ2v) is 8.28. The molecule has 4 nitrogen and oxygen atoms in total. The number of thiazole rings is 2. The number of hydrogen-bond donors (Lipinski definition) is 0. The molecule has 0 aliphatic carbocycles. The molecule has 3 aromatic heterocycles. The van der Waals surface area contributed by atoms with Crippen molar-refractivity contribution in [3.8, 4) is 16.6 Å². The molecule has 0 aliphatic rings. The van der Waals surface area contributed by atoms with Crippen molar-refractivity contribution in [1.29, 1.82) is 5.26 Å². The predicted octanol–water partition coefficient (Wildman–Crippen LogP) is 5.62. The van der Waals surface area contributed by atoms with Crippen molar-refractivity contribution in [2.75, 3.05) is 0 Å². The first-order valence-corrected chi connectivity index (χ1v) is 10.2. The van der Waals surface area contributed by atoms with E-state index in [9.17, 15) is 10.1 Å². The summed E-state index contributed by atoms with van der Waals surface area (Å²) in [7, 11) is 0. The fourth-order valence-corrected chi connectivity index (χ4v) is 5.00. The van der Waals surface area contributed by atoms with Crippen molar-refractivity contribution in [2.45, 2.75) is 5.92 Å². The van der Waals surface area contributed by atoms with Gasteiger partial charge in [-0.25, -0.2) is 9.97 Å². The van der Waals surface area contributed by atoms with E-state index in [2.05, 4.69) is 16.0 Å². The topological polar surface area (TPSA) is 66.6 Å². The number of carbonyl (C=O) groups is 1. The summed E-state index contributed by atoms with van der Waals surface area (Å²) in [6.07, 6.45) is 0. The van der Waals surface area contributed by atoms with Crippen molar-refractivity contribution in [2.24, 2.45) is 0 Å². The molecule has 0 saturated carbocycles. The van der Waals surface area contributed by atoms with E-state index in [1.165, 1.54) is 22.7 Å². The number of thiophene rings is 1. The Morgan fingerprint density at radius 2 is 2.12 bits per heavy atom. The minimum atomic E-state index is -0.964. The first-order valence-electron chi connectivity index (χ1n) is 7.13. The Labute approximate surface area is 160 Å². The molecule has 4 rings (SSSR count). The van der Waals surface area contributed by atoms with Crippen LogP contribution in [0, 0.1) is 11.3 Å². The van der Waals surface area contributed by atoms with Crippen LogP contribution in [0.25, 0.3) is 20.8 Å². The second-order valence-electron chi connectivity index (χ2n) is 5.14. The van der Waals surface area contributed by atoms with E-state index in [4.69, 9.17) is 11.6 Å². The maximum atomic E-state index is 12.8. The largest absolute Gasteiger partial charge is 0.290 e. The van der Waals surface area contributed by atoms with E-state index in [-0.39, 0.29) is 5.78 Å². The lowest BCUT2D eigenvalue weighted by atomic mass is 10.1. The van der Waals surface area contributed by atoms with Gasteiger partial charge >= 0.3 is 0 Å². The van der Waals surface area contributed by atoms with Crippen molar-refractivity contribution < 1.29 is 4.79 Å². The molecular weight excluding hydrogens is 394 g/mol. The number of nitrogens with zero attached hydrogens (tertiary/aromatic N) is 3. The van der Waals surface area contributed by atoms with Gasteiger partial charge in [-0.1, -0.05) is 11.6 Å². The van der Waals surface area contributed by atoms with Gasteiger partial charge in [0.1, 0.15) is 15.7 Å². The maximum absolute atomic E-state index is 12.8. The molecule has 0 fully saturated rings. The van der Waals surface area contributed by atoms with Crippen LogP contribution in [-0.2, 0) is 0 Å². The van der Waals surface area contributed by atoms with Gasteiger partial charge < -0.3 is 0 Å². The van der Waals surface area contributed by atoms with Crippen LogP contribution >= 0.6 is 45.6 Å². The molecule has 0 aliphatic heterocycles. The fraction of sp³-hybridized carbons (Fsp3) is 0.0588. The van der Waals surface area contributed by atoms with Gasteiger partial charge in [0, 0.05) is 21.3 Å². The monoisotopic (exact) mass is 401 g/mol. The van der Waals surface area contributed by atoms with Crippen LogP contribution in [0.1, 0.15) is 21.4 Å². The number of rotatable bonds is 4. The molecule has 1 unspecified atom stereocenters.